The van der Waals surface area contributed by atoms with Gasteiger partial charge in [0, 0.05) is 11.6 Å². The van der Waals surface area contributed by atoms with Gasteiger partial charge in [0.15, 0.2) is 0 Å². The van der Waals surface area contributed by atoms with Crippen LogP contribution in [0.15, 0.2) is 41.2 Å². The smallest absolute Gasteiger partial charge is 0.266 e. The summed E-state index contributed by atoms with van der Waals surface area (Å²) in [5.41, 5.74) is 4.55. The standard InChI is InChI=1S/C18H15F4N3O/c1-2-13(23)17-24-14-5-3-4-12(16(21)22)15(14)18(26)25(17)11-7-9(19)6-10(20)8-11/h3-8,13,16H,2,23H2,1H3/t13-/m0/s1. The molecule has 0 bridgehead atoms. The van der Waals surface area contributed by atoms with Gasteiger partial charge in [0.05, 0.1) is 22.6 Å². The number of halogens is 4. The summed E-state index contributed by atoms with van der Waals surface area (Å²) in [6.45, 7) is 1.74. The molecular weight excluding hydrogens is 350 g/mol. The maximum atomic E-state index is 13.7. The van der Waals surface area contributed by atoms with E-state index in [-0.39, 0.29) is 22.4 Å². The van der Waals surface area contributed by atoms with Gasteiger partial charge in [-0.15, -0.1) is 0 Å². The topological polar surface area (TPSA) is 60.9 Å². The molecule has 0 unspecified atom stereocenters. The molecule has 0 aliphatic rings. The van der Waals surface area contributed by atoms with E-state index in [9.17, 15) is 22.4 Å². The van der Waals surface area contributed by atoms with Crippen molar-refractivity contribution < 1.29 is 17.6 Å². The molecule has 1 aromatic heterocycles. The number of fused-ring (bicyclic) bond motifs is 1. The Bertz CT molecular complexity index is 1010. The summed E-state index contributed by atoms with van der Waals surface area (Å²) in [6.07, 6.45) is -2.53. The molecule has 2 aromatic carbocycles. The van der Waals surface area contributed by atoms with Gasteiger partial charge in [-0.1, -0.05) is 19.1 Å². The molecule has 0 aliphatic carbocycles. The summed E-state index contributed by atoms with van der Waals surface area (Å²) in [5.74, 6) is -1.78. The second-order valence-electron chi connectivity index (χ2n) is 5.80. The van der Waals surface area contributed by atoms with E-state index in [1.54, 1.807) is 6.92 Å². The second-order valence-corrected chi connectivity index (χ2v) is 5.80. The zero-order valence-electron chi connectivity index (χ0n) is 13.7. The van der Waals surface area contributed by atoms with Crippen molar-refractivity contribution >= 4 is 10.9 Å². The number of hydrogen-bond donors (Lipinski definition) is 1. The molecular formula is C18H15F4N3O. The minimum Gasteiger partial charge on any atom is -0.321 e. The van der Waals surface area contributed by atoms with E-state index in [0.717, 1.165) is 22.8 Å². The zero-order valence-corrected chi connectivity index (χ0v) is 13.7. The van der Waals surface area contributed by atoms with Gasteiger partial charge < -0.3 is 5.73 Å². The summed E-state index contributed by atoms with van der Waals surface area (Å²) in [4.78, 5) is 17.3. The Morgan fingerprint density at radius 2 is 1.81 bits per heavy atom. The first-order valence-corrected chi connectivity index (χ1v) is 7.89. The van der Waals surface area contributed by atoms with Crippen molar-refractivity contribution in [3.63, 3.8) is 0 Å². The molecule has 0 radical (unpaired) electrons. The molecule has 26 heavy (non-hydrogen) atoms. The SMILES string of the molecule is CC[C@H](N)c1nc2cccc(C(F)F)c2c(=O)n1-c1cc(F)cc(F)c1. The molecule has 1 atom stereocenters. The number of rotatable bonds is 4. The molecule has 3 aromatic rings. The minimum absolute atomic E-state index is 0.0430. The Morgan fingerprint density at radius 1 is 1.15 bits per heavy atom. The molecule has 3 rings (SSSR count). The highest BCUT2D eigenvalue weighted by molar-refractivity contribution is 5.82. The van der Waals surface area contributed by atoms with E-state index >= 15 is 0 Å². The summed E-state index contributed by atoms with van der Waals surface area (Å²) >= 11 is 0. The highest BCUT2D eigenvalue weighted by Gasteiger charge is 2.22. The lowest BCUT2D eigenvalue weighted by atomic mass is 10.1. The van der Waals surface area contributed by atoms with E-state index in [1.165, 1.54) is 12.1 Å². The van der Waals surface area contributed by atoms with Gasteiger partial charge in [0.25, 0.3) is 12.0 Å². The molecule has 8 heteroatoms. The average molecular weight is 365 g/mol. The van der Waals surface area contributed by atoms with Gasteiger partial charge in [-0.2, -0.15) is 0 Å². The molecule has 0 fully saturated rings. The molecule has 0 saturated heterocycles. The Balaban J connectivity index is 2.47. The minimum atomic E-state index is -2.91. The molecule has 0 saturated carbocycles. The molecule has 1 heterocycles. The molecule has 0 spiro atoms. The Kier molecular flexibility index (Phi) is 4.78. The molecule has 0 aliphatic heterocycles. The zero-order chi connectivity index (χ0) is 19.0. The largest absolute Gasteiger partial charge is 0.321 e. The van der Waals surface area contributed by atoms with Crippen LogP contribution >= 0.6 is 0 Å². The summed E-state index contributed by atoms with van der Waals surface area (Å²) in [6, 6.07) is 5.67. The maximum Gasteiger partial charge on any atom is 0.266 e. The Hall–Kier alpha value is -2.74. The van der Waals surface area contributed by atoms with E-state index in [4.69, 9.17) is 5.73 Å². The van der Waals surface area contributed by atoms with Crippen LogP contribution in [0.5, 0.6) is 0 Å². The van der Waals surface area contributed by atoms with Crippen LogP contribution in [0.2, 0.25) is 0 Å². The average Bonchev–Trinajstić information content (AvgIpc) is 2.59. The lowest BCUT2D eigenvalue weighted by molar-refractivity contribution is 0.153. The molecule has 136 valence electrons. The first-order valence-electron chi connectivity index (χ1n) is 7.89. The van der Waals surface area contributed by atoms with E-state index in [1.807, 2.05) is 0 Å². The van der Waals surface area contributed by atoms with Crippen LogP contribution in [0.1, 0.15) is 37.2 Å². The predicted octanol–water partition coefficient (Wildman–Crippen LogP) is 4.01. The van der Waals surface area contributed by atoms with Crippen molar-refractivity contribution in [2.75, 3.05) is 0 Å². The lowest BCUT2D eigenvalue weighted by Crippen LogP contribution is -2.29. The fourth-order valence-electron chi connectivity index (χ4n) is 2.80. The molecule has 2 N–H and O–H groups in total. The van der Waals surface area contributed by atoms with Crippen molar-refractivity contribution in [2.45, 2.75) is 25.8 Å². The number of hydrogen-bond acceptors (Lipinski definition) is 3. The Morgan fingerprint density at radius 3 is 2.38 bits per heavy atom. The fourth-order valence-corrected chi connectivity index (χ4v) is 2.80. The number of aromatic nitrogens is 2. The van der Waals surface area contributed by atoms with Crippen LogP contribution in [0.4, 0.5) is 17.6 Å². The van der Waals surface area contributed by atoms with Gasteiger partial charge in [-0.3, -0.25) is 9.36 Å². The van der Waals surface area contributed by atoms with Gasteiger partial charge >= 0.3 is 0 Å². The Labute approximate surface area is 145 Å². The first kappa shape index (κ1) is 18.1. The van der Waals surface area contributed by atoms with Gasteiger partial charge in [-0.05, 0) is 24.6 Å². The van der Waals surface area contributed by atoms with Gasteiger partial charge in [0.1, 0.15) is 17.5 Å². The van der Waals surface area contributed by atoms with Crippen LogP contribution in [-0.2, 0) is 0 Å². The summed E-state index contributed by atoms with van der Waals surface area (Å²) < 4.78 is 54.9. The summed E-state index contributed by atoms with van der Waals surface area (Å²) in [7, 11) is 0. The van der Waals surface area contributed by atoms with Crippen LogP contribution in [0.25, 0.3) is 16.6 Å². The fraction of sp³-hybridized carbons (Fsp3) is 0.222. The van der Waals surface area contributed by atoms with Crippen molar-refractivity contribution in [2.24, 2.45) is 5.73 Å². The van der Waals surface area contributed by atoms with E-state index in [2.05, 4.69) is 4.98 Å². The van der Waals surface area contributed by atoms with Crippen molar-refractivity contribution in [3.05, 3.63) is 69.8 Å². The van der Waals surface area contributed by atoms with Gasteiger partial charge in [-0.25, -0.2) is 22.5 Å². The van der Waals surface area contributed by atoms with E-state index < -0.39 is 35.2 Å². The highest BCUT2D eigenvalue weighted by Crippen LogP contribution is 2.27. The first-order chi connectivity index (χ1) is 12.3. The normalized spacial score (nSPS) is 12.7. The summed E-state index contributed by atoms with van der Waals surface area (Å²) in [5, 5.41) is -0.306. The van der Waals surface area contributed by atoms with Crippen molar-refractivity contribution in [1.82, 2.24) is 9.55 Å². The molecule has 4 nitrogen and oxygen atoms in total. The second kappa shape index (κ2) is 6.87. The quantitative estimate of drug-likeness (QED) is 0.711. The van der Waals surface area contributed by atoms with Gasteiger partial charge in [0.2, 0.25) is 0 Å². The third kappa shape index (κ3) is 3.08. The number of nitrogens with two attached hydrogens (primary N) is 1. The number of alkyl halides is 2. The third-order valence-corrected chi connectivity index (χ3v) is 4.07. The van der Waals surface area contributed by atoms with Crippen LogP contribution in [0, 0.1) is 11.6 Å². The van der Waals surface area contributed by atoms with Crippen LogP contribution < -0.4 is 11.3 Å². The van der Waals surface area contributed by atoms with E-state index in [0.29, 0.717) is 12.5 Å². The third-order valence-electron chi connectivity index (χ3n) is 4.07. The predicted molar refractivity (Wildman–Crippen MR) is 89.4 cm³/mol. The number of nitrogens with zero attached hydrogens (tertiary/aromatic N) is 2. The molecule has 0 amide bonds. The van der Waals surface area contributed by atoms with Crippen molar-refractivity contribution in [3.8, 4) is 5.69 Å². The van der Waals surface area contributed by atoms with Crippen molar-refractivity contribution in [1.29, 1.82) is 0 Å². The number of benzene rings is 2. The van der Waals surface area contributed by atoms with Crippen LogP contribution in [-0.4, -0.2) is 9.55 Å². The highest BCUT2D eigenvalue weighted by atomic mass is 19.3. The monoisotopic (exact) mass is 365 g/mol. The maximum absolute atomic E-state index is 13.7. The lowest BCUT2D eigenvalue weighted by Gasteiger charge is -2.18. The van der Waals surface area contributed by atoms with Crippen LogP contribution in [0.3, 0.4) is 0 Å².